The minimum Gasteiger partial charge on any atom is -0.367 e. The summed E-state index contributed by atoms with van der Waals surface area (Å²) in [6.45, 7) is 2.64. The van der Waals surface area contributed by atoms with Crippen LogP contribution >= 0.6 is 7.60 Å². The molecule has 1 aliphatic carbocycles. The van der Waals surface area contributed by atoms with Gasteiger partial charge in [0.2, 0.25) is 0 Å². The Labute approximate surface area is 133 Å². The van der Waals surface area contributed by atoms with Crippen molar-refractivity contribution < 1.29 is 19.1 Å². The molecule has 0 spiro atoms. The summed E-state index contributed by atoms with van der Waals surface area (Å²) in [6, 6.07) is 0.667. The van der Waals surface area contributed by atoms with E-state index < -0.39 is 13.9 Å². The smallest absolute Gasteiger partial charge is 0.350 e. The first-order chi connectivity index (χ1) is 10.9. The van der Waals surface area contributed by atoms with Gasteiger partial charge in [0.15, 0.2) is 5.65 Å². The van der Waals surface area contributed by atoms with E-state index in [1.807, 2.05) is 0 Å². The van der Waals surface area contributed by atoms with E-state index in [1.54, 1.807) is 10.9 Å². The predicted molar refractivity (Wildman–Crippen MR) is 82.8 cm³/mol. The van der Waals surface area contributed by atoms with Crippen molar-refractivity contribution in [3.63, 3.8) is 0 Å². The van der Waals surface area contributed by atoms with Crippen LogP contribution < -0.4 is 5.32 Å². The second-order valence-corrected chi connectivity index (χ2v) is 7.32. The fraction of sp³-hybridized carbons (Fsp3) is 0.615. The largest absolute Gasteiger partial charge is 0.367 e. The SMILES string of the molecule is CC(NC1CC1)c1ncnc2c1ncn2CCOCP(=O)(O)O. The monoisotopic (exact) mass is 341 g/mol. The van der Waals surface area contributed by atoms with Crippen molar-refractivity contribution in [3.8, 4) is 0 Å². The minimum atomic E-state index is -4.13. The summed E-state index contributed by atoms with van der Waals surface area (Å²) in [7, 11) is -4.13. The van der Waals surface area contributed by atoms with Crippen LogP contribution in [0.3, 0.4) is 0 Å². The van der Waals surface area contributed by atoms with E-state index in [9.17, 15) is 4.57 Å². The lowest BCUT2D eigenvalue weighted by atomic mass is 10.2. The van der Waals surface area contributed by atoms with Gasteiger partial charge in [0.05, 0.1) is 18.6 Å². The Morgan fingerprint density at radius 1 is 1.43 bits per heavy atom. The zero-order valence-corrected chi connectivity index (χ0v) is 13.7. The van der Waals surface area contributed by atoms with E-state index in [0.29, 0.717) is 18.2 Å². The molecule has 1 atom stereocenters. The molecule has 0 saturated heterocycles. The van der Waals surface area contributed by atoms with Crippen molar-refractivity contribution in [3.05, 3.63) is 18.3 Å². The molecule has 0 aromatic carbocycles. The molecule has 23 heavy (non-hydrogen) atoms. The van der Waals surface area contributed by atoms with Crippen LogP contribution in [-0.4, -0.2) is 48.3 Å². The maximum Gasteiger partial charge on any atom is 0.350 e. The van der Waals surface area contributed by atoms with Crippen LogP contribution in [0.15, 0.2) is 12.7 Å². The van der Waals surface area contributed by atoms with Gasteiger partial charge in [-0.1, -0.05) is 0 Å². The molecule has 0 bridgehead atoms. The molecule has 2 heterocycles. The molecule has 1 saturated carbocycles. The molecular weight excluding hydrogens is 321 g/mol. The molecule has 0 radical (unpaired) electrons. The molecule has 1 aliphatic rings. The van der Waals surface area contributed by atoms with Gasteiger partial charge in [-0.15, -0.1) is 0 Å². The zero-order valence-electron chi connectivity index (χ0n) is 12.8. The first-order valence-corrected chi connectivity index (χ1v) is 9.28. The highest BCUT2D eigenvalue weighted by Gasteiger charge is 2.25. The summed E-state index contributed by atoms with van der Waals surface area (Å²) in [5, 5.41) is 3.49. The first-order valence-electron chi connectivity index (χ1n) is 7.48. The summed E-state index contributed by atoms with van der Waals surface area (Å²) < 4.78 is 17.5. The van der Waals surface area contributed by atoms with Crippen molar-refractivity contribution in [1.82, 2.24) is 24.8 Å². The Morgan fingerprint density at radius 3 is 2.91 bits per heavy atom. The Hall–Kier alpha value is -1.38. The third-order valence-corrected chi connectivity index (χ3v) is 4.16. The molecule has 3 N–H and O–H groups in total. The molecule has 2 aromatic heterocycles. The number of ether oxygens (including phenoxy) is 1. The van der Waals surface area contributed by atoms with Crippen LogP contribution in [0, 0.1) is 0 Å². The van der Waals surface area contributed by atoms with Crippen molar-refractivity contribution in [2.75, 3.05) is 13.0 Å². The van der Waals surface area contributed by atoms with E-state index >= 15 is 0 Å². The average molecular weight is 341 g/mol. The number of nitrogens with one attached hydrogen (secondary N) is 1. The zero-order chi connectivity index (χ0) is 16.4. The second kappa shape index (κ2) is 6.62. The van der Waals surface area contributed by atoms with Crippen molar-refractivity contribution in [1.29, 1.82) is 0 Å². The molecule has 2 aromatic rings. The number of hydrogen-bond acceptors (Lipinski definition) is 6. The quantitative estimate of drug-likeness (QED) is 0.476. The molecule has 126 valence electrons. The summed E-state index contributed by atoms with van der Waals surface area (Å²) in [5.74, 6) is 0. The van der Waals surface area contributed by atoms with Gasteiger partial charge in [0, 0.05) is 18.6 Å². The Kier molecular flexibility index (Phi) is 4.74. The van der Waals surface area contributed by atoms with E-state index in [2.05, 4.69) is 27.2 Å². The Morgan fingerprint density at radius 2 is 2.22 bits per heavy atom. The van der Waals surface area contributed by atoms with Crippen LogP contribution in [0.4, 0.5) is 0 Å². The number of imidazole rings is 1. The summed E-state index contributed by atoms with van der Waals surface area (Å²) in [6.07, 6.45) is 4.97. The highest BCUT2D eigenvalue weighted by Crippen LogP contribution is 2.33. The van der Waals surface area contributed by atoms with Gasteiger partial charge >= 0.3 is 7.60 Å². The van der Waals surface area contributed by atoms with Crippen LogP contribution in [0.1, 0.15) is 31.5 Å². The molecular formula is C13H20N5O4P. The molecule has 0 amide bonds. The minimum absolute atomic E-state index is 0.0993. The molecule has 1 unspecified atom stereocenters. The number of nitrogens with zero attached hydrogens (tertiary/aromatic N) is 4. The van der Waals surface area contributed by atoms with Gasteiger partial charge in [0.25, 0.3) is 0 Å². The van der Waals surface area contributed by atoms with Crippen LogP contribution in [0.25, 0.3) is 11.2 Å². The first kappa shape index (κ1) is 16.5. The van der Waals surface area contributed by atoms with Crippen LogP contribution in [0.2, 0.25) is 0 Å². The molecule has 1 fully saturated rings. The Balaban J connectivity index is 1.69. The van der Waals surface area contributed by atoms with E-state index in [1.165, 1.54) is 19.2 Å². The van der Waals surface area contributed by atoms with E-state index in [4.69, 9.17) is 14.5 Å². The van der Waals surface area contributed by atoms with Gasteiger partial charge < -0.3 is 24.4 Å². The summed E-state index contributed by atoms with van der Waals surface area (Å²) >= 11 is 0. The van der Waals surface area contributed by atoms with Crippen molar-refractivity contribution in [2.24, 2.45) is 0 Å². The lowest BCUT2D eigenvalue weighted by Gasteiger charge is -2.12. The van der Waals surface area contributed by atoms with E-state index in [0.717, 1.165) is 11.2 Å². The molecule has 10 heteroatoms. The summed E-state index contributed by atoms with van der Waals surface area (Å²) in [5.41, 5.74) is 2.29. The maximum absolute atomic E-state index is 10.7. The fourth-order valence-corrected chi connectivity index (χ4v) is 2.78. The fourth-order valence-electron chi connectivity index (χ4n) is 2.41. The van der Waals surface area contributed by atoms with Gasteiger partial charge in [-0.05, 0) is 19.8 Å². The third-order valence-electron chi connectivity index (χ3n) is 3.64. The normalized spacial score (nSPS) is 16.8. The highest BCUT2D eigenvalue weighted by atomic mass is 31.2. The second-order valence-electron chi connectivity index (χ2n) is 5.73. The van der Waals surface area contributed by atoms with Gasteiger partial charge in [-0.2, -0.15) is 0 Å². The number of aromatic nitrogens is 4. The topological polar surface area (TPSA) is 122 Å². The maximum atomic E-state index is 10.7. The van der Waals surface area contributed by atoms with Gasteiger partial charge in [-0.25, -0.2) is 15.0 Å². The predicted octanol–water partition coefficient (Wildman–Crippen LogP) is 0.791. The lowest BCUT2D eigenvalue weighted by molar-refractivity contribution is 0.149. The van der Waals surface area contributed by atoms with Gasteiger partial charge in [0.1, 0.15) is 18.2 Å². The lowest BCUT2D eigenvalue weighted by Crippen LogP contribution is -2.22. The van der Waals surface area contributed by atoms with Crippen molar-refractivity contribution >= 4 is 18.8 Å². The van der Waals surface area contributed by atoms with E-state index in [-0.39, 0.29) is 12.6 Å². The van der Waals surface area contributed by atoms with Gasteiger partial charge in [-0.3, -0.25) is 4.57 Å². The highest BCUT2D eigenvalue weighted by molar-refractivity contribution is 7.51. The van der Waals surface area contributed by atoms with Crippen molar-refractivity contribution in [2.45, 2.75) is 38.4 Å². The number of hydrogen-bond donors (Lipinski definition) is 3. The third kappa shape index (κ3) is 4.33. The number of fused-ring (bicyclic) bond motifs is 1. The Bertz CT molecular complexity index is 726. The standard InChI is InChI=1S/C13H20N5O4P/c1-9(17-10-2-3-10)11-12-13(15-6-14-11)18(7-16-12)4-5-22-8-23(19,20)21/h6-7,9-10,17H,2-5,8H2,1H3,(H2,19,20,21). The van der Waals surface area contributed by atoms with Crippen LogP contribution in [-0.2, 0) is 15.8 Å². The molecule has 3 rings (SSSR count). The number of rotatable bonds is 8. The van der Waals surface area contributed by atoms with Crippen LogP contribution in [0.5, 0.6) is 0 Å². The average Bonchev–Trinajstić information content (AvgIpc) is 3.20. The molecule has 9 nitrogen and oxygen atoms in total. The molecule has 0 aliphatic heterocycles. The summed E-state index contributed by atoms with van der Waals surface area (Å²) in [4.78, 5) is 30.5.